The Morgan fingerprint density at radius 3 is 2.44 bits per heavy atom. The van der Waals surface area contributed by atoms with Crippen LogP contribution in [-0.4, -0.2) is 26.6 Å². The van der Waals surface area contributed by atoms with Crippen molar-refractivity contribution in [3.63, 3.8) is 0 Å². The van der Waals surface area contributed by atoms with Crippen LogP contribution in [0, 0.1) is 6.92 Å². The molecule has 134 valence electrons. The first-order valence-corrected chi connectivity index (χ1v) is 10.6. The Bertz CT molecular complexity index is 818. The standard InChI is InChI=1S/C18H22N2O3S2/c1-14-4-2-3-5-16(14)12-24-13-18(21)20-11-10-15-6-8-17(9-7-15)25(19,22)23/h2-9H,10-13H2,1H3,(H,20,21)(H2,19,22,23). The predicted octanol–water partition coefficient (Wildman–Crippen LogP) is 2.23. The maximum absolute atomic E-state index is 11.9. The quantitative estimate of drug-likeness (QED) is 0.737. The highest BCUT2D eigenvalue weighted by Crippen LogP contribution is 2.15. The average molecular weight is 379 g/mol. The monoisotopic (exact) mass is 378 g/mol. The van der Waals surface area contributed by atoms with Gasteiger partial charge in [-0.3, -0.25) is 4.79 Å². The fraction of sp³-hybridized carbons (Fsp3) is 0.278. The van der Waals surface area contributed by atoms with Crippen molar-refractivity contribution in [2.45, 2.75) is 24.0 Å². The van der Waals surface area contributed by atoms with Crippen molar-refractivity contribution in [2.75, 3.05) is 12.3 Å². The number of amides is 1. The Hall–Kier alpha value is -1.83. The first-order valence-electron chi connectivity index (χ1n) is 7.87. The third kappa shape index (κ3) is 6.53. The molecule has 0 heterocycles. The number of benzene rings is 2. The molecule has 0 spiro atoms. The molecular weight excluding hydrogens is 356 g/mol. The predicted molar refractivity (Wildman–Crippen MR) is 102 cm³/mol. The molecule has 1 amide bonds. The smallest absolute Gasteiger partial charge is 0.238 e. The van der Waals surface area contributed by atoms with E-state index >= 15 is 0 Å². The SMILES string of the molecule is Cc1ccccc1CSCC(=O)NCCc1ccc(S(N)(=O)=O)cc1. The second-order valence-corrected chi connectivity index (χ2v) is 8.26. The summed E-state index contributed by atoms with van der Waals surface area (Å²) in [5.74, 6) is 1.23. The number of aryl methyl sites for hydroxylation is 1. The number of rotatable bonds is 8. The zero-order chi connectivity index (χ0) is 18.3. The van der Waals surface area contributed by atoms with E-state index in [1.165, 1.54) is 23.3 Å². The highest BCUT2D eigenvalue weighted by atomic mass is 32.2. The van der Waals surface area contributed by atoms with E-state index < -0.39 is 10.0 Å². The summed E-state index contributed by atoms with van der Waals surface area (Å²) in [4.78, 5) is 12.0. The highest BCUT2D eigenvalue weighted by molar-refractivity contribution is 7.99. The van der Waals surface area contributed by atoms with Crippen molar-refractivity contribution in [1.82, 2.24) is 5.32 Å². The number of hydrogen-bond acceptors (Lipinski definition) is 4. The van der Waals surface area contributed by atoms with Crippen molar-refractivity contribution in [3.8, 4) is 0 Å². The molecule has 2 rings (SSSR count). The molecule has 5 nitrogen and oxygen atoms in total. The van der Waals surface area contributed by atoms with Crippen molar-refractivity contribution >= 4 is 27.7 Å². The number of carbonyl (C=O) groups excluding carboxylic acids is 1. The lowest BCUT2D eigenvalue weighted by Gasteiger charge is -2.07. The van der Waals surface area contributed by atoms with Crippen LogP contribution in [0.5, 0.6) is 0 Å². The molecule has 0 atom stereocenters. The average Bonchev–Trinajstić information content (AvgIpc) is 2.56. The lowest BCUT2D eigenvalue weighted by atomic mass is 10.1. The molecule has 0 aliphatic heterocycles. The summed E-state index contributed by atoms with van der Waals surface area (Å²) in [5.41, 5.74) is 3.42. The van der Waals surface area contributed by atoms with E-state index in [0.717, 1.165) is 11.3 Å². The highest BCUT2D eigenvalue weighted by Gasteiger charge is 2.07. The lowest BCUT2D eigenvalue weighted by molar-refractivity contribution is -0.118. The summed E-state index contributed by atoms with van der Waals surface area (Å²) in [6, 6.07) is 14.5. The van der Waals surface area contributed by atoms with Gasteiger partial charge in [-0.15, -0.1) is 11.8 Å². The summed E-state index contributed by atoms with van der Waals surface area (Å²) in [6.07, 6.45) is 0.638. The number of thioether (sulfide) groups is 1. The fourth-order valence-corrected chi connectivity index (χ4v) is 3.72. The minimum atomic E-state index is -3.66. The number of carbonyl (C=O) groups is 1. The van der Waals surface area contributed by atoms with Crippen LogP contribution in [0.25, 0.3) is 0 Å². The van der Waals surface area contributed by atoms with E-state index in [9.17, 15) is 13.2 Å². The minimum absolute atomic E-state index is 0.000240. The van der Waals surface area contributed by atoms with Gasteiger partial charge >= 0.3 is 0 Å². The molecule has 2 aromatic carbocycles. The molecule has 2 aromatic rings. The van der Waals surface area contributed by atoms with Crippen LogP contribution < -0.4 is 10.5 Å². The van der Waals surface area contributed by atoms with Crippen LogP contribution in [0.3, 0.4) is 0 Å². The van der Waals surface area contributed by atoms with Gasteiger partial charge in [0.2, 0.25) is 15.9 Å². The van der Waals surface area contributed by atoms with Crippen molar-refractivity contribution in [2.24, 2.45) is 5.14 Å². The summed E-state index contributed by atoms with van der Waals surface area (Å²) in [7, 11) is -3.66. The first kappa shape index (κ1) is 19.5. The molecule has 0 aliphatic rings. The Morgan fingerprint density at radius 1 is 1.12 bits per heavy atom. The molecule has 0 aliphatic carbocycles. The van der Waals surface area contributed by atoms with Gasteiger partial charge in [-0.25, -0.2) is 13.6 Å². The Balaban J connectivity index is 1.69. The second-order valence-electron chi connectivity index (χ2n) is 5.71. The van der Waals surface area contributed by atoms with Crippen LogP contribution in [-0.2, 0) is 27.0 Å². The van der Waals surface area contributed by atoms with Crippen LogP contribution in [0.1, 0.15) is 16.7 Å². The number of hydrogen-bond donors (Lipinski definition) is 2. The zero-order valence-electron chi connectivity index (χ0n) is 14.1. The summed E-state index contributed by atoms with van der Waals surface area (Å²) in [6.45, 7) is 2.58. The molecule has 0 bridgehead atoms. The topological polar surface area (TPSA) is 89.3 Å². The van der Waals surface area contributed by atoms with Crippen LogP contribution in [0.15, 0.2) is 53.4 Å². The Morgan fingerprint density at radius 2 is 1.80 bits per heavy atom. The van der Waals surface area contributed by atoms with E-state index in [0.29, 0.717) is 18.7 Å². The molecule has 0 aromatic heterocycles. The van der Waals surface area contributed by atoms with E-state index in [4.69, 9.17) is 5.14 Å². The molecule has 7 heteroatoms. The largest absolute Gasteiger partial charge is 0.355 e. The number of primary sulfonamides is 1. The molecule has 0 saturated heterocycles. The first-order chi connectivity index (χ1) is 11.9. The molecule has 25 heavy (non-hydrogen) atoms. The number of sulfonamides is 1. The summed E-state index contributed by atoms with van der Waals surface area (Å²) >= 11 is 1.59. The van der Waals surface area contributed by atoms with Gasteiger partial charge < -0.3 is 5.32 Å². The van der Waals surface area contributed by atoms with Gasteiger partial charge in [0.05, 0.1) is 10.6 Å². The molecular formula is C18H22N2O3S2. The normalized spacial score (nSPS) is 11.3. The van der Waals surface area contributed by atoms with Crippen molar-refractivity contribution in [1.29, 1.82) is 0 Å². The summed E-state index contributed by atoms with van der Waals surface area (Å²) < 4.78 is 22.4. The number of nitrogens with one attached hydrogen (secondary N) is 1. The molecule has 0 unspecified atom stereocenters. The van der Waals surface area contributed by atoms with Gasteiger partial charge in [0, 0.05) is 12.3 Å². The third-order valence-corrected chi connectivity index (χ3v) is 5.65. The van der Waals surface area contributed by atoms with Crippen molar-refractivity contribution < 1.29 is 13.2 Å². The molecule has 0 saturated carbocycles. The summed E-state index contributed by atoms with van der Waals surface area (Å²) in [5, 5.41) is 7.93. The van der Waals surface area contributed by atoms with E-state index in [2.05, 4.69) is 24.4 Å². The van der Waals surface area contributed by atoms with Crippen LogP contribution >= 0.6 is 11.8 Å². The maximum atomic E-state index is 11.9. The fourth-order valence-electron chi connectivity index (χ4n) is 2.27. The Kier molecular flexibility index (Phi) is 7.04. The zero-order valence-corrected chi connectivity index (χ0v) is 15.7. The molecule has 0 radical (unpaired) electrons. The maximum Gasteiger partial charge on any atom is 0.238 e. The Labute approximate surface area is 153 Å². The lowest BCUT2D eigenvalue weighted by Crippen LogP contribution is -2.27. The van der Waals surface area contributed by atoms with Gasteiger partial charge in [0.1, 0.15) is 0 Å². The van der Waals surface area contributed by atoms with Gasteiger partial charge in [0.25, 0.3) is 0 Å². The van der Waals surface area contributed by atoms with Crippen molar-refractivity contribution in [3.05, 3.63) is 65.2 Å². The molecule has 3 N–H and O–H groups in total. The van der Waals surface area contributed by atoms with Gasteiger partial charge in [-0.1, -0.05) is 36.4 Å². The van der Waals surface area contributed by atoms with Gasteiger partial charge in [-0.05, 0) is 42.2 Å². The van der Waals surface area contributed by atoms with E-state index in [1.807, 2.05) is 12.1 Å². The second kappa shape index (κ2) is 9.03. The van der Waals surface area contributed by atoms with Gasteiger partial charge in [-0.2, -0.15) is 0 Å². The van der Waals surface area contributed by atoms with E-state index in [1.54, 1.807) is 23.9 Å². The minimum Gasteiger partial charge on any atom is -0.355 e. The van der Waals surface area contributed by atoms with Crippen LogP contribution in [0.2, 0.25) is 0 Å². The number of nitrogens with two attached hydrogens (primary N) is 1. The van der Waals surface area contributed by atoms with Gasteiger partial charge in [0.15, 0.2) is 0 Å². The molecule has 0 fully saturated rings. The van der Waals surface area contributed by atoms with Crippen LogP contribution in [0.4, 0.5) is 0 Å². The third-order valence-electron chi connectivity index (χ3n) is 3.74. The van der Waals surface area contributed by atoms with E-state index in [-0.39, 0.29) is 10.8 Å².